The molecule has 0 aliphatic heterocycles. The molecule has 0 aliphatic carbocycles. The molecule has 0 fully saturated rings. The molecule has 0 bridgehead atoms. The van der Waals surface area contributed by atoms with E-state index in [-0.39, 0.29) is 12.1 Å². The zero-order valence-corrected chi connectivity index (χ0v) is 12.2. The smallest absolute Gasteiger partial charge is 0.321 e. The van der Waals surface area contributed by atoms with Crippen LogP contribution in [0.5, 0.6) is 5.75 Å². The van der Waals surface area contributed by atoms with Gasteiger partial charge in [0.2, 0.25) is 0 Å². The van der Waals surface area contributed by atoms with E-state index in [1.807, 2.05) is 36.6 Å². The SMILES string of the molecule is CCC(NC(=O)Nc1nccs1)c1ccccc1OC. The van der Waals surface area contributed by atoms with Crippen LogP contribution in [0.3, 0.4) is 0 Å². The van der Waals surface area contributed by atoms with Crippen LogP contribution in [0.4, 0.5) is 9.93 Å². The van der Waals surface area contributed by atoms with Crippen LogP contribution in [-0.4, -0.2) is 18.1 Å². The van der Waals surface area contributed by atoms with Crippen molar-refractivity contribution < 1.29 is 9.53 Å². The number of ether oxygens (including phenoxy) is 1. The van der Waals surface area contributed by atoms with Gasteiger partial charge < -0.3 is 10.1 Å². The number of aromatic nitrogens is 1. The first-order valence-corrected chi connectivity index (χ1v) is 7.22. The first kappa shape index (κ1) is 14.3. The van der Waals surface area contributed by atoms with Gasteiger partial charge >= 0.3 is 6.03 Å². The third-order valence-electron chi connectivity index (χ3n) is 2.88. The number of nitrogens with zero attached hydrogens (tertiary/aromatic N) is 1. The molecule has 1 aromatic carbocycles. The number of benzene rings is 1. The summed E-state index contributed by atoms with van der Waals surface area (Å²) in [6, 6.07) is 7.31. The van der Waals surface area contributed by atoms with Gasteiger partial charge in [-0.15, -0.1) is 11.3 Å². The molecule has 0 aliphatic rings. The van der Waals surface area contributed by atoms with E-state index in [4.69, 9.17) is 4.74 Å². The van der Waals surface area contributed by atoms with E-state index in [1.165, 1.54) is 11.3 Å². The molecular formula is C14H17N3O2S. The molecule has 1 unspecified atom stereocenters. The van der Waals surface area contributed by atoms with E-state index in [0.717, 1.165) is 17.7 Å². The van der Waals surface area contributed by atoms with Crippen LogP contribution in [0.1, 0.15) is 24.9 Å². The molecule has 6 heteroatoms. The Kier molecular flexibility index (Phi) is 4.95. The second-order valence-corrected chi connectivity index (χ2v) is 5.03. The minimum absolute atomic E-state index is 0.105. The maximum absolute atomic E-state index is 12.0. The molecule has 106 valence electrons. The lowest BCUT2D eigenvalue weighted by molar-refractivity contribution is 0.248. The Morgan fingerprint density at radius 2 is 2.25 bits per heavy atom. The third kappa shape index (κ3) is 3.48. The molecule has 2 N–H and O–H groups in total. The standard InChI is InChI=1S/C14H17N3O2S/c1-3-11(10-6-4-5-7-12(10)19-2)16-13(18)17-14-15-8-9-20-14/h4-9,11H,3H2,1-2H3,(H2,15,16,17,18). The molecule has 1 heterocycles. The molecule has 2 amide bonds. The summed E-state index contributed by atoms with van der Waals surface area (Å²) in [5.41, 5.74) is 0.965. The van der Waals surface area contributed by atoms with Gasteiger partial charge in [0.15, 0.2) is 5.13 Å². The van der Waals surface area contributed by atoms with Crippen molar-refractivity contribution in [1.29, 1.82) is 0 Å². The van der Waals surface area contributed by atoms with E-state index in [2.05, 4.69) is 15.6 Å². The Labute approximate surface area is 122 Å². The quantitative estimate of drug-likeness (QED) is 0.887. The van der Waals surface area contributed by atoms with E-state index < -0.39 is 0 Å². The number of nitrogens with one attached hydrogen (secondary N) is 2. The number of urea groups is 1. The minimum atomic E-state index is -0.266. The van der Waals surface area contributed by atoms with E-state index >= 15 is 0 Å². The highest BCUT2D eigenvalue weighted by molar-refractivity contribution is 7.13. The summed E-state index contributed by atoms with van der Waals surface area (Å²) in [6.45, 7) is 2.01. The van der Waals surface area contributed by atoms with Crippen molar-refractivity contribution in [2.75, 3.05) is 12.4 Å². The first-order chi connectivity index (χ1) is 9.74. The lowest BCUT2D eigenvalue weighted by atomic mass is 10.0. The van der Waals surface area contributed by atoms with Crippen LogP contribution >= 0.6 is 11.3 Å². The number of para-hydroxylation sites is 1. The maximum Gasteiger partial charge on any atom is 0.321 e. The Balaban J connectivity index is 2.06. The highest BCUT2D eigenvalue weighted by Crippen LogP contribution is 2.26. The summed E-state index contributed by atoms with van der Waals surface area (Å²) in [5, 5.41) is 8.04. The molecule has 0 spiro atoms. The van der Waals surface area contributed by atoms with E-state index in [9.17, 15) is 4.79 Å². The highest BCUT2D eigenvalue weighted by atomic mass is 32.1. The zero-order chi connectivity index (χ0) is 14.4. The number of rotatable bonds is 5. The predicted octanol–water partition coefficient (Wildman–Crippen LogP) is 3.42. The monoisotopic (exact) mass is 291 g/mol. The molecule has 20 heavy (non-hydrogen) atoms. The topological polar surface area (TPSA) is 63.2 Å². The van der Waals surface area contributed by atoms with Gasteiger partial charge in [0.05, 0.1) is 13.2 Å². The van der Waals surface area contributed by atoms with Gasteiger partial charge in [-0.05, 0) is 12.5 Å². The molecule has 2 rings (SSSR count). The fourth-order valence-electron chi connectivity index (χ4n) is 1.93. The van der Waals surface area contributed by atoms with Crippen LogP contribution in [0.15, 0.2) is 35.8 Å². The zero-order valence-electron chi connectivity index (χ0n) is 11.4. The van der Waals surface area contributed by atoms with Crippen molar-refractivity contribution in [3.05, 3.63) is 41.4 Å². The van der Waals surface area contributed by atoms with Gasteiger partial charge in [0.25, 0.3) is 0 Å². The van der Waals surface area contributed by atoms with Gasteiger partial charge in [-0.2, -0.15) is 0 Å². The lowest BCUT2D eigenvalue weighted by Gasteiger charge is -2.19. The van der Waals surface area contributed by atoms with Crippen LogP contribution in [0, 0.1) is 0 Å². The molecule has 0 saturated heterocycles. The summed E-state index contributed by atoms with van der Waals surface area (Å²) in [4.78, 5) is 16.0. The number of amides is 2. The number of thiazole rings is 1. The average Bonchev–Trinajstić information content (AvgIpc) is 2.97. The van der Waals surface area contributed by atoms with Crippen molar-refractivity contribution in [3.63, 3.8) is 0 Å². The van der Waals surface area contributed by atoms with Crippen LogP contribution in [0.2, 0.25) is 0 Å². The second-order valence-electron chi connectivity index (χ2n) is 4.14. The molecule has 0 saturated carbocycles. The Morgan fingerprint density at radius 3 is 2.90 bits per heavy atom. The van der Waals surface area contributed by atoms with Crippen molar-refractivity contribution >= 4 is 22.5 Å². The first-order valence-electron chi connectivity index (χ1n) is 6.34. The summed E-state index contributed by atoms with van der Waals surface area (Å²) in [7, 11) is 1.63. The predicted molar refractivity (Wildman–Crippen MR) is 80.3 cm³/mol. The molecule has 5 nitrogen and oxygen atoms in total. The van der Waals surface area contributed by atoms with Crippen LogP contribution in [-0.2, 0) is 0 Å². The van der Waals surface area contributed by atoms with Gasteiger partial charge in [0, 0.05) is 17.1 Å². The molecule has 1 aromatic heterocycles. The number of anilines is 1. The molecule has 0 radical (unpaired) electrons. The lowest BCUT2D eigenvalue weighted by Crippen LogP contribution is -2.32. The van der Waals surface area contributed by atoms with Crippen LogP contribution in [0.25, 0.3) is 0 Å². The highest BCUT2D eigenvalue weighted by Gasteiger charge is 2.16. The molecule has 2 aromatic rings. The fraction of sp³-hybridized carbons (Fsp3) is 0.286. The molecular weight excluding hydrogens is 274 g/mol. The largest absolute Gasteiger partial charge is 0.496 e. The number of carbonyl (C=O) groups is 1. The van der Waals surface area contributed by atoms with Gasteiger partial charge in [-0.25, -0.2) is 9.78 Å². The summed E-state index contributed by atoms with van der Waals surface area (Å²) in [6.07, 6.45) is 2.42. The van der Waals surface area contributed by atoms with Crippen LogP contribution < -0.4 is 15.4 Å². The van der Waals surface area contributed by atoms with Gasteiger partial charge in [0.1, 0.15) is 5.75 Å². The summed E-state index contributed by atoms with van der Waals surface area (Å²) < 4.78 is 5.33. The van der Waals surface area contributed by atoms with Crippen molar-refractivity contribution in [2.45, 2.75) is 19.4 Å². The summed E-state index contributed by atoms with van der Waals surface area (Å²) >= 11 is 1.38. The maximum atomic E-state index is 12.0. The van der Waals surface area contributed by atoms with E-state index in [1.54, 1.807) is 13.3 Å². The van der Waals surface area contributed by atoms with Gasteiger partial charge in [-0.3, -0.25) is 5.32 Å². The number of hydrogen-bond donors (Lipinski definition) is 2. The Bertz CT molecular complexity index is 557. The second kappa shape index (κ2) is 6.91. The number of hydrogen-bond acceptors (Lipinski definition) is 4. The van der Waals surface area contributed by atoms with Crippen molar-refractivity contribution in [1.82, 2.24) is 10.3 Å². The van der Waals surface area contributed by atoms with Crippen molar-refractivity contribution in [2.24, 2.45) is 0 Å². The molecule has 1 atom stereocenters. The number of carbonyl (C=O) groups excluding carboxylic acids is 1. The summed E-state index contributed by atoms with van der Waals surface area (Å²) in [5.74, 6) is 0.772. The van der Waals surface area contributed by atoms with E-state index in [0.29, 0.717) is 5.13 Å². The third-order valence-corrected chi connectivity index (χ3v) is 3.57. The van der Waals surface area contributed by atoms with Gasteiger partial charge in [-0.1, -0.05) is 25.1 Å². The Morgan fingerprint density at radius 1 is 1.45 bits per heavy atom. The Hall–Kier alpha value is -2.08. The fourth-order valence-corrected chi connectivity index (χ4v) is 2.45. The number of methoxy groups -OCH3 is 1. The normalized spacial score (nSPS) is 11.7. The average molecular weight is 291 g/mol. The minimum Gasteiger partial charge on any atom is -0.496 e. The van der Waals surface area contributed by atoms with Crippen molar-refractivity contribution in [3.8, 4) is 5.75 Å².